The molecule has 0 radical (unpaired) electrons. The molecule has 0 saturated heterocycles. The molecule has 0 atom stereocenters. The molecule has 0 aliphatic rings. The molecule has 1 aromatic heterocycles. The second kappa shape index (κ2) is 4.40. The van der Waals surface area contributed by atoms with Gasteiger partial charge in [0.1, 0.15) is 11.9 Å². The van der Waals surface area contributed by atoms with E-state index in [1.54, 1.807) is 0 Å². The van der Waals surface area contributed by atoms with Crippen LogP contribution in [0.2, 0.25) is 5.02 Å². The summed E-state index contributed by atoms with van der Waals surface area (Å²) in [6.07, 6.45) is 0. The normalized spacial score (nSPS) is 10.4. The molecule has 0 bridgehead atoms. The van der Waals surface area contributed by atoms with Crippen LogP contribution in [0.15, 0.2) is 18.2 Å². The molecule has 0 unspecified atom stereocenters. The quantitative estimate of drug-likeness (QED) is 0.852. The summed E-state index contributed by atoms with van der Waals surface area (Å²) in [5.41, 5.74) is 10.2. The van der Waals surface area contributed by atoms with Gasteiger partial charge in [-0.25, -0.2) is 0 Å². The van der Waals surface area contributed by atoms with E-state index in [1.165, 1.54) is 0 Å². The van der Waals surface area contributed by atoms with Crippen molar-refractivity contribution >= 4 is 17.4 Å². The Morgan fingerprint density at radius 3 is 2.50 bits per heavy atom. The number of nitriles is 1. The molecule has 92 valence electrons. The van der Waals surface area contributed by atoms with E-state index in [-0.39, 0.29) is 0 Å². The van der Waals surface area contributed by atoms with E-state index in [0.29, 0.717) is 16.4 Å². The molecule has 4 heteroatoms. The van der Waals surface area contributed by atoms with Gasteiger partial charge in [0, 0.05) is 5.69 Å². The monoisotopic (exact) mass is 259 g/mol. The van der Waals surface area contributed by atoms with Gasteiger partial charge in [0.05, 0.1) is 16.3 Å². The van der Waals surface area contributed by atoms with Crippen LogP contribution in [0.1, 0.15) is 22.4 Å². The molecule has 0 aliphatic heterocycles. The van der Waals surface area contributed by atoms with Crippen LogP contribution >= 0.6 is 11.6 Å². The van der Waals surface area contributed by atoms with Crippen molar-refractivity contribution in [2.75, 3.05) is 5.73 Å². The Kier molecular flexibility index (Phi) is 3.06. The molecule has 0 fully saturated rings. The van der Waals surface area contributed by atoms with E-state index < -0.39 is 0 Å². The van der Waals surface area contributed by atoms with Crippen LogP contribution in [-0.2, 0) is 0 Å². The molecule has 1 heterocycles. The summed E-state index contributed by atoms with van der Waals surface area (Å²) < 4.78 is 1.84. The molecule has 0 amide bonds. The summed E-state index contributed by atoms with van der Waals surface area (Å²) in [6, 6.07) is 7.91. The maximum absolute atomic E-state index is 9.13. The number of anilines is 1. The highest BCUT2D eigenvalue weighted by Crippen LogP contribution is 2.32. The third-order valence-electron chi connectivity index (χ3n) is 3.27. The number of aryl methyl sites for hydroxylation is 1. The van der Waals surface area contributed by atoms with Gasteiger partial charge in [0.2, 0.25) is 0 Å². The second-order valence-corrected chi connectivity index (χ2v) is 4.70. The average Bonchev–Trinajstić information content (AvgIpc) is 2.55. The first-order valence-electron chi connectivity index (χ1n) is 5.62. The van der Waals surface area contributed by atoms with E-state index in [1.807, 2.05) is 43.5 Å². The van der Waals surface area contributed by atoms with Crippen molar-refractivity contribution in [2.24, 2.45) is 0 Å². The molecule has 1 aromatic carbocycles. The highest BCUT2D eigenvalue weighted by Gasteiger charge is 2.18. The minimum atomic E-state index is 0.444. The molecule has 0 spiro atoms. The van der Waals surface area contributed by atoms with Crippen LogP contribution in [0.5, 0.6) is 0 Å². The largest absolute Gasteiger partial charge is 0.384 e. The van der Waals surface area contributed by atoms with Gasteiger partial charge in [-0.2, -0.15) is 5.26 Å². The number of nitrogens with two attached hydrogens (primary N) is 1. The van der Waals surface area contributed by atoms with Gasteiger partial charge in [-0.1, -0.05) is 23.7 Å². The second-order valence-electron chi connectivity index (χ2n) is 4.33. The van der Waals surface area contributed by atoms with Crippen molar-refractivity contribution < 1.29 is 0 Å². The molecule has 0 aliphatic carbocycles. The summed E-state index contributed by atoms with van der Waals surface area (Å²) in [5.74, 6) is 0.444. The first kappa shape index (κ1) is 12.5. The van der Waals surface area contributed by atoms with Gasteiger partial charge in [-0.3, -0.25) is 4.57 Å². The summed E-state index contributed by atoms with van der Waals surface area (Å²) >= 11 is 6.32. The fourth-order valence-corrected chi connectivity index (χ4v) is 2.30. The van der Waals surface area contributed by atoms with E-state index in [0.717, 1.165) is 22.5 Å². The fourth-order valence-electron chi connectivity index (χ4n) is 2.09. The zero-order valence-electron chi connectivity index (χ0n) is 10.6. The van der Waals surface area contributed by atoms with Crippen LogP contribution in [-0.4, -0.2) is 4.57 Å². The lowest BCUT2D eigenvalue weighted by Crippen LogP contribution is -2.03. The van der Waals surface area contributed by atoms with Gasteiger partial charge in [0.25, 0.3) is 0 Å². The SMILES string of the molecule is Cc1cccc(-n2c(C)c(C)c(C#N)c2N)c1Cl. The maximum Gasteiger partial charge on any atom is 0.126 e. The number of aromatic nitrogens is 1. The molecule has 18 heavy (non-hydrogen) atoms. The Morgan fingerprint density at radius 2 is 1.94 bits per heavy atom. The van der Waals surface area contributed by atoms with Gasteiger partial charge >= 0.3 is 0 Å². The number of rotatable bonds is 1. The summed E-state index contributed by atoms with van der Waals surface area (Å²) in [7, 11) is 0. The molecule has 3 nitrogen and oxygen atoms in total. The molecule has 2 N–H and O–H groups in total. The van der Waals surface area contributed by atoms with Gasteiger partial charge in [-0.15, -0.1) is 0 Å². The number of hydrogen-bond donors (Lipinski definition) is 1. The predicted molar refractivity (Wildman–Crippen MR) is 74.1 cm³/mol. The Morgan fingerprint density at radius 1 is 1.28 bits per heavy atom. The number of nitrogen functional groups attached to an aromatic ring is 1. The van der Waals surface area contributed by atoms with Crippen LogP contribution in [0.25, 0.3) is 5.69 Å². The summed E-state index contributed by atoms with van der Waals surface area (Å²) in [6.45, 7) is 5.77. The lowest BCUT2D eigenvalue weighted by molar-refractivity contribution is 1.01. The lowest BCUT2D eigenvalue weighted by atomic mass is 10.2. The minimum absolute atomic E-state index is 0.444. The van der Waals surface area contributed by atoms with E-state index in [4.69, 9.17) is 22.6 Å². The molecule has 2 aromatic rings. The van der Waals surface area contributed by atoms with E-state index in [9.17, 15) is 0 Å². The summed E-state index contributed by atoms with van der Waals surface area (Å²) in [5, 5.41) is 9.79. The zero-order chi connectivity index (χ0) is 13.4. The third kappa shape index (κ3) is 1.66. The number of nitrogens with zero attached hydrogens (tertiary/aromatic N) is 2. The number of hydrogen-bond acceptors (Lipinski definition) is 2. The first-order chi connectivity index (χ1) is 8.49. The van der Waals surface area contributed by atoms with E-state index >= 15 is 0 Å². The van der Waals surface area contributed by atoms with Gasteiger partial charge < -0.3 is 5.73 Å². The molecular weight excluding hydrogens is 246 g/mol. The van der Waals surface area contributed by atoms with Crippen LogP contribution in [0.4, 0.5) is 5.82 Å². The Bertz CT molecular complexity index is 663. The van der Waals surface area contributed by atoms with E-state index in [2.05, 4.69) is 6.07 Å². The Balaban J connectivity index is 2.81. The topological polar surface area (TPSA) is 54.7 Å². The fraction of sp³-hybridized carbons (Fsp3) is 0.214. The zero-order valence-corrected chi connectivity index (χ0v) is 11.3. The third-order valence-corrected chi connectivity index (χ3v) is 3.77. The number of halogens is 1. The smallest absolute Gasteiger partial charge is 0.126 e. The van der Waals surface area contributed by atoms with Crippen molar-refractivity contribution in [3.05, 3.63) is 45.6 Å². The molecular formula is C14H14ClN3. The van der Waals surface area contributed by atoms with Crippen molar-refractivity contribution in [1.29, 1.82) is 5.26 Å². The molecule has 0 saturated carbocycles. The van der Waals surface area contributed by atoms with Crippen molar-refractivity contribution in [3.63, 3.8) is 0 Å². The Hall–Kier alpha value is -1.92. The van der Waals surface area contributed by atoms with Crippen LogP contribution < -0.4 is 5.73 Å². The van der Waals surface area contributed by atoms with Crippen molar-refractivity contribution in [3.8, 4) is 11.8 Å². The van der Waals surface area contributed by atoms with Crippen LogP contribution in [0.3, 0.4) is 0 Å². The lowest BCUT2D eigenvalue weighted by Gasteiger charge is -2.12. The number of benzene rings is 1. The standard InChI is InChI=1S/C14H14ClN3/c1-8-5-4-6-12(13(8)15)18-10(3)9(2)11(7-16)14(18)17/h4-6H,17H2,1-3H3. The van der Waals surface area contributed by atoms with Crippen molar-refractivity contribution in [1.82, 2.24) is 4.57 Å². The highest BCUT2D eigenvalue weighted by atomic mass is 35.5. The highest BCUT2D eigenvalue weighted by molar-refractivity contribution is 6.33. The van der Waals surface area contributed by atoms with Gasteiger partial charge in [-0.05, 0) is 38.0 Å². The van der Waals surface area contributed by atoms with Crippen molar-refractivity contribution in [2.45, 2.75) is 20.8 Å². The van der Waals surface area contributed by atoms with Gasteiger partial charge in [0.15, 0.2) is 0 Å². The maximum atomic E-state index is 9.13. The van der Waals surface area contributed by atoms with Crippen LogP contribution in [0, 0.1) is 32.1 Å². The summed E-state index contributed by atoms with van der Waals surface area (Å²) in [4.78, 5) is 0. The predicted octanol–water partition coefficient (Wildman–Crippen LogP) is 3.51. The first-order valence-corrected chi connectivity index (χ1v) is 5.99. The average molecular weight is 260 g/mol. The minimum Gasteiger partial charge on any atom is -0.384 e. The Labute approximate surface area is 111 Å². The molecule has 2 rings (SSSR count).